The monoisotopic (exact) mass is 296 g/mol. The second-order valence-corrected chi connectivity index (χ2v) is 7.35. The van der Waals surface area contributed by atoms with E-state index in [0.717, 1.165) is 6.42 Å². The van der Waals surface area contributed by atoms with Gasteiger partial charge < -0.3 is 4.74 Å². The lowest BCUT2D eigenvalue weighted by molar-refractivity contribution is -0.0883. The van der Waals surface area contributed by atoms with E-state index in [4.69, 9.17) is 4.74 Å². The van der Waals surface area contributed by atoms with Gasteiger partial charge in [-0.25, -0.2) is 4.79 Å². The fraction of sp³-hybridized carbons (Fsp3) is 0.714. The van der Waals surface area contributed by atoms with Crippen molar-refractivity contribution in [2.45, 2.75) is 56.4 Å². The van der Waals surface area contributed by atoms with Crippen LogP contribution in [0.15, 0.2) is 15.8 Å². The van der Waals surface area contributed by atoms with E-state index in [-0.39, 0.29) is 28.3 Å². The summed E-state index contributed by atoms with van der Waals surface area (Å²) in [4.78, 5) is 25.9. The van der Waals surface area contributed by atoms with Crippen molar-refractivity contribution in [3.8, 4) is 0 Å². The molecule has 2 fully saturated rings. The highest BCUT2D eigenvalue weighted by Gasteiger charge is 2.61. The van der Waals surface area contributed by atoms with E-state index in [9.17, 15) is 9.59 Å². The maximum Gasteiger partial charge on any atom is 0.330 e. The first-order valence-electron chi connectivity index (χ1n) is 7.06. The molecular formula is C14H20N2O3S. The van der Waals surface area contributed by atoms with Crippen LogP contribution in [0.1, 0.15) is 39.0 Å². The highest BCUT2D eigenvalue weighted by molar-refractivity contribution is 8.01. The second kappa shape index (κ2) is 4.49. The molecule has 0 unspecified atom stereocenters. The van der Waals surface area contributed by atoms with Gasteiger partial charge in [-0.3, -0.25) is 14.3 Å². The number of hydrogen-bond donors (Lipinski definition) is 1. The molecule has 6 heteroatoms. The summed E-state index contributed by atoms with van der Waals surface area (Å²) in [5.41, 5.74) is -0.338. The van der Waals surface area contributed by atoms with Gasteiger partial charge in [0.1, 0.15) is 0 Å². The van der Waals surface area contributed by atoms with E-state index in [2.05, 4.69) is 25.8 Å². The number of nitrogens with zero attached hydrogens (tertiary/aromatic N) is 1. The van der Waals surface area contributed by atoms with Gasteiger partial charge in [-0.1, -0.05) is 20.8 Å². The molecule has 0 radical (unpaired) electrons. The Bertz CT molecular complexity index is 653. The molecule has 3 rings (SSSR count). The Morgan fingerprint density at radius 2 is 2.15 bits per heavy atom. The molecule has 2 aliphatic rings. The molecule has 0 amide bonds. The number of aromatic nitrogens is 2. The van der Waals surface area contributed by atoms with E-state index in [1.807, 2.05) is 11.8 Å². The first-order chi connectivity index (χ1) is 9.40. The van der Waals surface area contributed by atoms with Gasteiger partial charge in [0.15, 0.2) is 6.23 Å². The smallest absolute Gasteiger partial charge is 0.330 e. The number of nitrogens with one attached hydrogen (secondary N) is 1. The lowest BCUT2D eigenvalue weighted by Gasteiger charge is -2.36. The predicted octanol–water partition coefficient (Wildman–Crippen LogP) is 1.66. The van der Waals surface area contributed by atoms with Gasteiger partial charge in [0, 0.05) is 22.9 Å². The van der Waals surface area contributed by atoms with Gasteiger partial charge in [0.05, 0.1) is 10.9 Å². The SMILES string of the molecule is CC[C@]12O[C@@H](n3cc(C)c(=O)[nH]c3=O)[C@H](S[C@H]1C)[C@@H]2C. The van der Waals surface area contributed by atoms with Crippen molar-refractivity contribution < 1.29 is 4.74 Å². The van der Waals surface area contributed by atoms with Crippen LogP contribution < -0.4 is 11.2 Å². The van der Waals surface area contributed by atoms with E-state index in [1.165, 1.54) is 0 Å². The Kier molecular flexibility index (Phi) is 3.14. The maximum atomic E-state index is 12.1. The van der Waals surface area contributed by atoms with E-state index >= 15 is 0 Å². The van der Waals surface area contributed by atoms with Crippen molar-refractivity contribution in [2.75, 3.05) is 0 Å². The summed E-state index contributed by atoms with van der Waals surface area (Å²) in [5.74, 6) is 0.400. The Labute approximate surface area is 121 Å². The van der Waals surface area contributed by atoms with Crippen molar-refractivity contribution in [3.05, 3.63) is 32.6 Å². The number of thioether (sulfide) groups is 1. The highest BCUT2D eigenvalue weighted by Crippen LogP contribution is 2.60. The van der Waals surface area contributed by atoms with Crippen molar-refractivity contribution in [1.29, 1.82) is 0 Å². The average molecular weight is 296 g/mol. The average Bonchev–Trinajstić information content (AvgIpc) is 2.81. The van der Waals surface area contributed by atoms with Crippen LogP contribution in [0.3, 0.4) is 0 Å². The van der Waals surface area contributed by atoms with Gasteiger partial charge in [-0.05, 0) is 13.3 Å². The summed E-state index contributed by atoms with van der Waals surface area (Å²) in [6, 6.07) is 0. The van der Waals surface area contributed by atoms with Crippen LogP contribution in [0, 0.1) is 12.8 Å². The van der Waals surface area contributed by atoms with Gasteiger partial charge in [-0.15, -0.1) is 11.8 Å². The largest absolute Gasteiger partial charge is 0.349 e. The van der Waals surface area contributed by atoms with Crippen molar-refractivity contribution in [3.63, 3.8) is 0 Å². The van der Waals surface area contributed by atoms with Gasteiger partial charge in [-0.2, -0.15) is 0 Å². The molecular weight excluding hydrogens is 276 g/mol. The molecule has 110 valence electrons. The number of hydrogen-bond acceptors (Lipinski definition) is 4. The predicted molar refractivity (Wildman–Crippen MR) is 79.2 cm³/mol. The lowest BCUT2D eigenvalue weighted by Crippen LogP contribution is -2.42. The quantitative estimate of drug-likeness (QED) is 0.901. The minimum atomic E-state index is -0.384. The molecule has 3 heterocycles. The summed E-state index contributed by atoms with van der Waals surface area (Å²) < 4.78 is 7.85. The molecule has 2 bridgehead atoms. The minimum absolute atomic E-state index is 0.163. The van der Waals surface area contributed by atoms with E-state index in [0.29, 0.717) is 16.7 Å². The van der Waals surface area contributed by atoms with Crippen LogP contribution in [0.2, 0.25) is 0 Å². The molecule has 2 saturated heterocycles. The Balaban J connectivity index is 2.05. The molecule has 0 spiro atoms. The summed E-state index contributed by atoms with van der Waals surface area (Å²) in [6.45, 7) is 8.24. The number of aryl methyl sites for hydroxylation is 1. The molecule has 1 aromatic rings. The molecule has 0 aromatic carbocycles. The van der Waals surface area contributed by atoms with Gasteiger partial charge in [0.2, 0.25) is 0 Å². The Morgan fingerprint density at radius 3 is 2.75 bits per heavy atom. The summed E-state index contributed by atoms with van der Waals surface area (Å²) in [6.07, 6.45) is 2.27. The van der Waals surface area contributed by atoms with E-state index < -0.39 is 0 Å². The zero-order chi connectivity index (χ0) is 14.7. The van der Waals surface area contributed by atoms with Crippen LogP contribution in [0.5, 0.6) is 0 Å². The molecule has 5 atom stereocenters. The first-order valence-corrected chi connectivity index (χ1v) is 8.00. The minimum Gasteiger partial charge on any atom is -0.349 e. The summed E-state index contributed by atoms with van der Waals surface area (Å²) >= 11 is 1.89. The second-order valence-electron chi connectivity index (χ2n) is 5.83. The third-order valence-electron chi connectivity index (χ3n) is 4.91. The lowest BCUT2D eigenvalue weighted by atomic mass is 9.84. The first kappa shape index (κ1) is 13.9. The van der Waals surface area contributed by atoms with Crippen molar-refractivity contribution in [1.82, 2.24) is 9.55 Å². The van der Waals surface area contributed by atoms with Crippen LogP contribution in [0.4, 0.5) is 0 Å². The zero-order valence-corrected chi connectivity index (χ0v) is 13.0. The van der Waals surface area contributed by atoms with Crippen LogP contribution in [0.25, 0.3) is 0 Å². The van der Waals surface area contributed by atoms with Crippen LogP contribution >= 0.6 is 11.8 Å². The van der Waals surface area contributed by atoms with E-state index in [1.54, 1.807) is 17.7 Å². The summed E-state index contributed by atoms with van der Waals surface area (Å²) in [5, 5.41) is 0.691. The number of fused-ring (bicyclic) bond motifs is 2. The topological polar surface area (TPSA) is 64.1 Å². The van der Waals surface area contributed by atoms with Gasteiger partial charge in [0.25, 0.3) is 5.56 Å². The number of ether oxygens (including phenoxy) is 1. The molecule has 20 heavy (non-hydrogen) atoms. The molecule has 0 saturated carbocycles. The molecule has 5 nitrogen and oxygen atoms in total. The van der Waals surface area contributed by atoms with Crippen LogP contribution in [-0.2, 0) is 4.74 Å². The van der Waals surface area contributed by atoms with Crippen molar-refractivity contribution >= 4 is 11.8 Å². The fourth-order valence-corrected chi connectivity index (χ4v) is 5.53. The number of rotatable bonds is 2. The molecule has 2 aliphatic heterocycles. The normalized spacial score (nSPS) is 39.4. The Hall–Kier alpha value is -1.01. The number of aromatic amines is 1. The third-order valence-corrected chi connectivity index (χ3v) is 6.67. The van der Waals surface area contributed by atoms with Crippen LogP contribution in [-0.4, -0.2) is 25.7 Å². The maximum absolute atomic E-state index is 12.1. The molecule has 1 N–H and O–H groups in total. The fourth-order valence-electron chi connectivity index (χ4n) is 3.61. The zero-order valence-electron chi connectivity index (χ0n) is 12.2. The summed E-state index contributed by atoms with van der Waals surface area (Å²) in [7, 11) is 0. The van der Waals surface area contributed by atoms with Gasteiger partial charge >= 0.3 is 5.69 Å². The standard InChI is InChI=1S/C14H20N2O3S/c1-5-14-8(3)10(20-9(14)4)12(19-14)16-6-7(2)11(17)15-13(16)18/h6,8-10,12H,5H2,1-4H3,(H,15,17,18)/t8-,9-,10+,12+,14+/m0/s1. The highest BCUT2D eigenvalue weighted by atomic mass is 32.2. The molecule has 1 aromatic heterocycles. The number of H-pyrrole nitrogens is 1. The molecule has 0 aliphatic carbocycles. The third kappa shape index (κ3) is 1.67. The van der Waals surface area contributed by atoms with Crippen molar-refractivity contribution in [2.24, 2.45) is 5.92 Å². The Morgan fingerprint density at radius 1 is 1.45 bits per heavy atom.